The van der Waals surface area contributed by atoms with Crippen molar-refractivity contribution in [2.24, 2.45) is 23.7 Å². The average Bonchev–Trinajstić information content (AvgIpc) is 1.19. The normalized spacial score (nSPS) is 14.4. The summed E-state index contributed by atoms with van der Waals surface area (Å²) >= 11 is 0. The fourth-order valence-electron chi connectivity index (χ4n) is 11.3. The number of unbranched alkanes of at least 4 members (excludes halogenated alkanes) is 37. The van der Waals surface area contributed by atoms with Crippen LogP contribution in [0.5, 0.6) is 0 Å². The maximum absolute atomic E-state index is 13.1. The van der Waals surface area contributed by atoms with Crippen molar-refractivity contribution in [3.05, 3.63) is 0 Å². The molecule has 0 radical (unpaired) electrons. The van der Waals surface area contributed by atoms with Gasteiger partial charge in [0.2, 0.25) is 0 Å². The van der Waals surface area contributed by atoms with Gasteiger partial charge in [-0.3, -0.25) is 37.3 Å². The molecule has 17 nitrogen and oxygen atoms in total. The lowest BCUT2D eigenvalue weighted by Crippen LogP contribution is -2.30. The van der Waals surface area contributed by atoms with Gasteiger partial charge in [0.15, 0.2) is 12.2 Å². The van der Waals surface area contributed by atoms with Crippen molar-refractivity contribution in [3.63, 3.8) is 0 Å². The average molecular weight is 1380 g/mol. The highest BCUT2D eigenvalue weighted by Crippen LogP contribution is 2.45. The molecule has 6 atom stereocenters. The molecule has 0 heterocycles. The zero-order chi connectivity index (χ0) is 69.6. The topological polar surface area (TPSA) is 237 Å². The molecule has 3 unspecified atom stereocenters. The molecule has 0 bridgehead atoms. The lowest BCUT2D eigenvalue weighted by atomic mass is 10.00. The van der Waals surface area contributed by atoms with E-state index in [1.165, 1.54) is 173 Å². The van der Waals surface area contributed by atoms with E-state index in [4.69, 9.17) is 37.0 Å². The number of carbonyl (C=O) groups excluding carboxylic acids is 4. The molecule has 0 aliphatic rings. The Morgan fingerprint density at radius 1 is 0.298 bits per heavy atom. The molecule has 0 saturated carbocycles. The SMILES string of the molecule is CCC(C)CCCCCCCCC(=O)OC[C@H](COP(=O)(O)OC[C@H](O)COP(=O)(O)OC[C@@H](COC(=O)CCCCCCCCCCCCC(C)C)OC(=O)CCCCCCCCCCCCCCCC(C)C)OC(=O)CCCCCCCCCCCCCCC(C)C. The van der Waals surface area contributed by atoms with Gasteiger partial charge in [-0.15, -0.1) is 0 Å². The summed E-state index contributed by atoms with van der Waals surface area (Å²) in [6.07, 6.45) is 48.5. The van der Waals surface area contributed by atoms with Gasteiger partial charge >= 0.3 is 39.5 Å². The Balaban J connectivity index is 5.26. The molecule has 0 saturated heterocycles. The highest BCUT2D eigenvalue weighted by atomic mass is 31.2. The van der Waals surface area contributed by atoms with Crippen LogP contribution in [0.3, 0.4) is 0 Å². The second kappa shape index (κ2) is 64.4. The van der Waals surface area contributed by atoms with Crippen molar-refractivity contribution in [1.29, 1.82) is 0 Å². The lowest BCUT2D eigenvalue weighted by Gasteiger charge is -2.21. The van der Waals surface area contributed by atoms with Crippen LogP contribution in [0.2, 0.25) is 0 Å². The van der Waals surface area contributed by atoms with Crippen LogP contribution in [-0.4, -0.2) is 96.7 Å². The van der Waals surface area contributed by atoms with E-state index in [2.05, 4.69) is 55.4 Å². The van der Waals surface area contributed by atoms with Gasteiger partial charge in [-0.25, -0.2) is 9.13 Å². The second-order valence-electron chi connectivity index (χ2n) is 28.7. The molecular weight excluding hydrogens is 1230 g/mol. The number of esters is 4. The van der Waals surface area contributed by atoms with Crippen molar-refractivity contribution in [2.75, 3.05) is 39.6 Å². The lowest BCUT2D eigenvalue weighted by molar-refractivity contribution is -0.161. The summed E-state index contributed by atoms with van der Waals surface area (Å²) in [4.78, 5) is 72.8. The van der Waals surface area contributed by atoms with E-state index in [9.17, 15) is 43.2 Å². The second-order valence-corrected chi connectivity index (χ2v) is 31.6. The van der Waals surface area contributed by atoms with Gasteiger partial charge in [0.1, 0.15) is 19.3 Å². The van der Waals surface area contributed by atoms with Crippen molar-refractivity contribution >= 4 is 39.5 Å². The monoisotopic (exact) mass is 1380 g/mol. The molecule has 3 N–H and O–H groups in total. The maximum atomic E-state index is 13.1. The highest BCUT2D eigenvalue weighted by Gasteiger charge is 2.30. The van der Waals surface area contributed by atoms with Crippen LogP contribution in [0.15, 0.2) is 0 Å². The van der Waals surface area contributed by atoms with E-state index >= 15 is 0 Å². The molecule has 0 aromatic rings. The third-order valence-electron chi connectivity index (χ3n) is 17.7. The van der Waals surface area contributed by atoms with Crippen molar-refractivity contribution in [1.82, 2.24) is 0 Å². The van der Waals surface area contributed by atoms with Gasteiger partial charge in [0.05, 0.1) is 26.4 Å². The van der Waals surface area contributed by atoms with E-state index in [-0.39, 0.29) is 25.7 Å². The molecular formula is C75H146O17P2. The van der Waals surface area contributed by atoms with Gasteiger partial charge in [-0.2, -0.15) is 0 Å². The zero-order valence-corrected chi connectivity index (χ0v) is 63.4. The molecule has 0 aliphatic carbocycles. The Morgan fingerprint density at radius 3 is 0.755 bits per heavy atom. The van der Waals surface area contributed by atoms with Crippen molar-refractivity contribution < 1.29 is 80.2 Å². The Bertz CT molecular complexity index is 1850. The minimum absolute atomic E-state index is 0.105. The highest BCUT2D eigenvalue weighted by molar-refractivity contribution is 7.47. The standard InChI is InChI=1S/C75H146O17P2/c1-9-68(8)54-46-38-33-34-40-48-56-73(78)86-62-71(92-75(80)58-50-42-32-26-18-14-13-16-22-28-36-44-52-66(4)5)64-90-94(83,84)88-60-69(76)59-87-93(81,82)89-63-70(61-85-72(77)55-47-39-30-24-20-19-23-29-37-45-53-67(6)7)91-74(79)57-49-41-31-25-17-12-10-11-15-21-27-35-43-51-65(2)3/h65-71,76H,9-64H2,1-8H3,(H,81,82)(H,83,84)/t68?,69-,70-,71-/m1/s1. The Kier molecular flexibility index (Phi) is 63.1. The van der Waals surface area contributed by atoms with E-state index < -0.39 is 97.5 Å². The Hall–Kier alpha value is -1.94. The summed E-state index contributed by atoms with van der Waals surface area (Å²) in [5.41, 5.74) is 0. The molecule has 0 rings (SSSR count). The number of rotatable bonds is 72. The fraction of sp³-hybridized carbons (Fsp3) is 0.947. The van der Waals surface area contributed by atoms with Gasteiger partial charge in [0, 0.05) is 25.7 Å². The predicted octanol–water partition coefficient (Wildman–Crippen LogP) is 21.7. The molecule has 0 aliphatic heterocycles. The van der Waals surface area contributed by atoms with Gasteiger partial charge < -0.3 is 33.8 Å². The molecule has 19 heteroatoms. The number of ether oxygens (including phenoxy) is 4. The number of carbonyl (C=O) groups is 4. The minimum Gasteiger partial charge on any atom is -0.462 e. The van der Waals surface area contributed by atoms with Gasteiger partial charge in [-0.05, 0) is 49.4 Å². The summed E-state index contributed by atoms with van der Waals surface area (Å²) < 4.78 is 68.5. The Morgan fingerprint density at radius 2 is 0.511 bits per heavy atom. The third-order valence-corrected chi connectivity index (χ3v) is 19.6. The summed E-state index contributed by atoms with van der Waals surface area (Å²) in [6.45, 7) is 14.2. The van der Waals surface area contributed by atoms with Crippen molar-refractivity contribution in [3.8, 4) is 0 Å². The summed E-state index contributed by atoms with van der Waals surface area (Å²) in [7, 11) is -9.91. The minimum atomic E-state index is -4.96. The molecule has 0 aromatic carbocycles. The van der Waals surface area contributed by atoms with E-state index in [1.54, 1.807) is 0 Å². The predicted molar refractivity (Wildman–Crippen MR) is 381 cm³/mol. The quantitative estimate of drug-likeness (QED) is 0.0222. The first kappa shape index (κ1) is 92.1. The number of hydrogen-bond donors (Lipinski definition) is 3. The van der Waals surface area contributed by atoms with E-state index in [1.807, 2.05) is 0 Å². The van der Waals surface area contributed by atoms with E-state index in [0.29, 0.717) is 25.7 Å². The molecule has 94 heavy (non-hydrogen) atoms. The number of aliphatic hydroxyl groups is 1. The van der Waals surface area contributed by atoms with Crippen LogP contribution in [0.1, 0.15) is 376 Å². The number of phosphoric acid groups is 2. The van der Waals surface area contributed by atoms with Crippen molar-refractivity contribution in [2.45, 2.75) is 395 Å². The smallest absolute Gasteiger partial charge is 0.462 e. The number of hydrogen-bond acceptors (Lipinski definition) is 15. The van der Waals surface area contributed by atoms with Crippen LogP contribution in [0.25, 0.3) is 0 Å². The fourth-order valence-corrected chi connectivity index (χ4v) is 12.9. The largest absolute Gasteiger partial charge is 0.472 e. The first-order chi connectivity index (χ1) is 45.1. The van der Waals surface area contributed by atoms with Crippen LogP contribution >= 0.6 is 15.6 Å². The van der Waals surface area contributed by atoms with Crippen LogP contribution in [0, 0.1) is 23.7 Å². The Labute approximate surface area is 575 Å². The van der Waals surface area contributed by atoms with Gasteiger partial charge in [0.25, 0.3) is 0 Å². The number of phosphoric ester groups is 2. The molecule has 0 aromatic heterocycles. The molecule has 0 amide bonds. The molecule has 558 valence electrons. The third kappa shape index (κ3) is 67.3. The van der Waals surface area contributed by atoms with Crippen LogP contribution in [0.4, 0.5) is 0 Å². The summed E-state index contributed by atoms with van der Waals surface area (Å²) in [5.74, 6) is 0.930. The van der Waals surface area contributed by atoms with Crippen LogP contribution < -0.4 is 0 Å². The first-order valence-corrected chi connectivity index (χ1v) is 41.7. The summed E-state index contributed by atoms with van der Waals surface area (Å²) in [6, 6.07) is 0. The first-order valence-electron chi connectivity index (χ1n) is 38.7. The maximum Gasteiger partial charge on any atom is 0.472 e. The number of aliphatic hydroxyl groups excluding tert-OH is 1. The summed E-state index contributed by atoms with van der Waals surface area (Å²) in [5, 5.41) is 10.6. The van der Waals surface area contributed by atoms with E-state index in [0.717, 1.165) is 120 Å². The molecule has 0 fully saturated rings. The van der Waals surface area contributed by atoms with Crippen LogP contribution in [-0.2, 0) is 65.4 Å². The zero-order valence-electron chi connectivity index (χ0n) is 61.6. The van der Waals surface area contributed by atoms with Gasteiger partial charge in [-0.1, -0.05) is 325 Å². The molecule has 0 spiro atoms.